The molecule has 1 N–H and O–H groups in total. The van der Waals surface area contributed by atoms with E-state index in [0.717, 1.165) is 55.2 Å². The summed E-state index contributed by atoms with van der Waals surface area (Å²) >= 11 is 6.26. The number of aliphatic imine (C=N–C) groups is 2. The van der Waals surface area contributed by atoms with Crippen LogP contribution in [0.1, 0.15) is 38.7 Å². The molecule has 0 saturated carbocycles. The Bertz CT molecular complexity index is 832. The normalized spacial score (nSPS) is 26.1. The predicted molar refractivity (Wildman–Crippen MR) is 111 cm³/mol. The molecule has 2 atom stereocenters. The standard InChI is InChI=1S/C22H26ClN3/c1-14-3-4-16-5-6-18-13-19(23)7-8-20(18)26-22(21(16)25-15(14)2)17-9-11-24-12-10-17/h3,7-9,13,15-16,24H,4-6,10-12H2,1-2H3. The Morgan fingerprint density at radius 3 is 2.88 bits per heavy atom. The van der Waals surface area contributed by atoms with Crippen LogP contribution in [0.3, 0.4) is 0 Å². The van der Waals surface area contributed by atoms with E-state index in [9.17, 15) is 0 Å². The molecule has 3 aliphatic heterocycles. The third-order valence-corrected chi connectivity index (χ3v) is 5.98. The molecule has 3 aliphatic rings. The molecule has 3 nitrogen and oxygen atoms in total. The highest BCUT2D eigenvalue weighted by Gasteiger charge is 2.28. The van der Waals surface area contributed by atoms with Crippen molar-refractivity contribution in [2.24, 2.45) is 15.9 Å². The van der Waals surface area contributed by atoms with Crippen LogP contribution in [0.25, 0.3) is 0 Å². The van der Waals surface area contributed by atoms with E-state index in [2.05, 4.69) is 43.4 Å². The molecule has 0 aliphatic carbocycles. The summed E-state index contributed by atoms with van der Waals surface area (Å²) in [5.41, 5.74) is 7.31. The van der Waals surface area contributed by atoms with Gasteiger partial charge in [0, 0.05) is 17.5 Å². The third kappa shape index (κ3) is 3.56. The van der Waals surface area contributed by atoms with Gasteiger partial charge in [0.1, 0.15) is 0 Å². The monoisotopic (exact) mass is 367 g/mol. The number of hydrogen-bond acceptors (Lipinski definition) is 3. The summed E-state index contributed by atoms with van der Waals surface area (Å²) in [5, 5.41) is 4.20. The summed E-state index contributed by atoms with van der Waals surface area (Å²) in [4.78, 5) is 10.3. The summed E-state index contributed by atoms with van der Waals surface area (Å²) < 4.78 is 0. The molecule has 0 aromatic heterocycles. The molecule has 1 aromatic carbocycles. The van der Waals surface area contributed by atoms with Crippen molar-refractivity contribution in [1.29, 1.82) is 0 Å². The fraction of sp³-hybridized carbons (Fsp3) is 0.455. The zero-order valence-corrected chi connectivity index (χ0v) is 16.3. The molecule has 0 spiro atoms. The van der Waals surface area contributed by atoms with Crippen LogP contribution in [0, 0.1) is 5.92 Å². The SMILES string of the molecule is CC1=CCC2CCc3cc(Cl)ccc3N=C(C3=CCNCC3)C2=NC1C. The number of benzene rings is 1. The van der Waals surface area contributed by atoms with Gasteiger partial charge in [0.05, 0.1) is 23.2 Å². The second-order valence-corrected chi connectivity index (χ2v) is 7.96. The molecule has 1 aromatic rings. The Balaban J connectivity index is 1.87. The van der Waals surface area contributed by atoms with Gasteiger partial charge in [-0.1, -0.05) is 29.3 Å². The highest BCUT2D eigenvalue weighted by molar-refractivity contribution is 6.49. The molecule has 0 amide bonds. The van der Waals surface area contributed by atoms with Gasteiger partial charge in [-0.2, -0.15) is 0 Å². The minimum atomic E-state index is 0.228. The van der Waals surface area contributed by atoms with Crippen molar-refractivity contribution in [3.63, 3.8) is 0 Å². The van der Waals surface area contributed by atoms with Gasteiger partial charge in [0.25, 0.3) is 0 Å². The summed E-state index contributed by atoms with van der Waals surface area (Å²) in [6.07, 6.45) is 8.81. The van der Waals surface area contributed by atoms with Crippen LogP contribution >= 0.6 is 11.6 Å². The molecule has 0 bridgehead atoms. The lowest BCUT2D eigenvalue weighted by Gasteiger charge is -2.25. The lowest BCUT2D eigenvalue weighted by Crippen LogP contribution is -2.31. The van der Waals surface area contributed by atoms with Gasteiger partial charge >= 0.3 is 0 Å². The van der Waals surface area contributed by atoms with E-state index < -0.39 is 0 Å². The molecule has 4 rings (SSSR count). The van der Waals surface area contributed by atoms with Crippen molar-refractivity contribution in [3.8, 4) is 0 Å². The zero-order valence-electron chi connectivity index (χ0n) is 15.6. The maximum absolute atomic E-state index is 6.26. The topological polar surface area (TPSA) is 36.8 Å². The van der Waals surface area contributed by atoms with Crippen LogP contribution in [0.15, 0.2) is 51.5 Å². The first-order valence-electron chi connectivity index (χ1n) is 9.64. The summed E-state index contributed by atoms with van der Waals surface area (Å²) in [5.74, 6) is 0.427. The molecule has 0 radical (unpaired) electrons. The van der Waals surface area contributed by atoms with E-state index in [1.54, 1.807) is 0 Å². The fourth-order valence-electron chi connectivity index (χ4n) is 3.98. The number of halogens is 1. The minimum absolute atomic E-state index is 0.228. The Labute approximate surface area is 161 Å². The van der Waals surface area contributed by atoms with Gasteiger partial charge in [-0.05, 0) is 75.4 Å². The van der Waals surface area contributed by atoms with Crippen LogP contribution in [-0.4, -0.2) is 30.6 Å². The molecular weight excluding hydrogens is 342 g/mol. The van der Waals surface area contributed by atoms with E-state index in [4.69, 9.17) is 21.6 Å². The Morgan fingerprint density at radius 1 is 1.19 bits per heavy atom. The number of allylic oxidation sites excluding steroid dienone is 1. The maximum atomic E-state index is 6.26. The minimum Gasteiger partial charge on any atom is -0.313 e. The predicted octanol–water partition coefficient (Wildman–Crippen LogP) is 5.07. The largest absolute Gasteiger partial charge is 0.313 e. The molecule has 136 valence electrons. The lowest BCUT2D eigenvalue weighted by atomic mass is 9.84. The Kier molecular flexibility index (Phi) is 5.10. The lowest BCUT2D eigenvalue weighted by molar-refractivity contribution is 0.636. The van der Waals surface area contributed by atoms with E-state index in [-0.39, 0.29) is 6.04 Å². The molecular formula is C22H26ClN3. The van der Waals surface area contributed by atoms with Gasteiger partial charge < -0.3 is 5.32 Å². The summed E-state index contributed by atoms with van der Waals surface area (Å²) in [6.45, 7) is 6.31. The van der Waals surface area contributed by atoms with E-state index >= 15 is 0 Å². The van der Waals surface area contributed by atoms with Gasteiger partial charge in [0.2, 0.25) is 0 Å². The first-order chi connectivity index (χ1) is 12.6. The first kappa shape index (κ1) is 17.7. The molecule has 0 saturated heterocycles. The number of rotatable bonds is 1. The van der Waals surface area contributed by atoms with Crippen molar-refractivity contribution in [3.05, 3.63) is 52.1 Å². The Hall–Kier alpha value is -1.71. The number of hydrogen-bond donors (Lipinski definition) is 1. The number of nitrogens with one attached hydrogen (secondary N) is 1. The number of fused-ring (bicyclic) bond motifs is 2. The van der Waals surface area contributed by atoms with Crippen molar-refractivity contribution >= 4 is 28.7 Å². The van der Waals surface area contributed by atoms with Crippen molar-refractivity contribution in [2.45, 2.75) is 45.6 Å². The molecule has 2 unspecified atom stereocenters. The van der Waals surface area contributed by atoms with Gasteiger partial charge in [0.15, 0.2) is 0 Å². The van der Waals surface area contributed by atoms with Crippen LogP contribution in [0.2, 0.25) is 5.02 Å². The average Bonchev–Trinajstić information content (AvgIpc) is 2.78. The van der Waals surface area contributed by atoms with Crippen molar-refractivity contribution in [2.75, 3.05) is 13.1 Å². The van der Waals surface area contributed by atoms with Crippen molar-refractivity contribution < 1.29 is 0 Å². The van der Waals surface area contributed by atoms with E-state index in [1.807, 2.05) is 6.07 Å². The highest BCUT2D eigenvalue weighted by Crippen LogP contribution is 2.33. The maximum Gasteiger partial charge on any atom is 0.0880 e. The van der Waals surface area contributed by atoms with Crippen LogP contribution in [0.4, 0.5) is 5.69 Å². The van der Waals surface area contributed by atoms with Crippen molar-refractivity contribution in [1.82, 2.24) is 5.32 Å². The first-order valence-corrected chi connectivity index (χ1v) is 10.0. The average molecular weight is 368 g/mol. The number of nitrogens with zero attached hydrogens (tertiary/aromatic N) is 2. The molecule has 4 heteroatoms. The zero-order chi connectivity index (χ0) is 18.1. The molecule has 26 heavy (non-hydrogen) atoms. The van der Waals surface area contributed by atoms with Crippen LogP contribution < -0.4 is 5.32 Å². The quantitative estimate of drug-likeness (QED) is 0.691. The van der Waals surface area contributed by atoms with Gasteiger partial charge in [-0.25, -0.2) is 4.99 Å². The summed E-state index contributed by atoms with van der Waals surface area (Å²) in [6, 6.07) is 6.31. The fourth-order valence-corrected chi connectivity index (χ4v) is 4.17. The van der Waals surface area contributed by atoms with E-state index in [1.165, 1.54) is 22.4 Å². The van der Waals surface area contributed by atoms with Gasteiger partial charge in [-0.15, -0.1) is 0 Å². The highest BCUT2D eigenvalue weighted by atomic mass is 35.5. The molecule has 0 fully saturated rings. The second kappa shape index (κ2) is 7.50. The smallest absolute Gasteiger partial charge is 0.0880 e. The van der Waals surface area contributed by atoms with Gasteiger partial charge in [-0.3, -0.25) is 4.99 Å². The third-order valence-electron chi connectivity index (χ3n) is 5.75. The second-order valence-electron chi connectivity index (χ2n) is 7.53. The van der Waals surface area contributed by atoms with Crippen LogP contribution in [0.5, 0.6) is 0 Å². The molecule has 3 heterocycles. The Morgan fingerprint density at radius 2 is 2.08 bits per heavy atom. The van der Waals surface area contributed by atoms with Crippen LogP contribution in [-0.2, 0) is 6.42 Å². The summed E-state index contributed by atoms with van der Waals surface area (Å²) in [7, 11) is 0. The number of aryl methyl sites for hydroxylation is 1. The van der Waals surface area contributed by atoms with E-state index in [0.29, 0.717) is 5.92 Å².